The lowest BCUT2D eigenvalue weighted by atomic mass is 9.98. The van der Waals surface area contributed by atoms with Gasteiger partial charge in [-0.15, -0.1) is 0 Å². The van der Waals surface area contributed by atoms with Crippen LogP contribution in [0.15, 0.2) is 30.3 Å². The van der Waals surface area contributed by atoms with Gasteiger partial charge >= 0.3 is 12.0 Å². The number of benzene rings is 2. The molecule has 2 aromatic carbocycles. The van der Waals surface area contributed by atoms with Gasteiger partial charge in [0.15, 0.2) is 0 Å². The van der Waals surface area contributed by atoms with Crippen LogP contribution in [0.2, 0.25) is 0 Å². The number of carboxylic acids is 1. The predicted molar refractivity (Wildman–Crippen MR) is 120 cm³/mol. The number of hydrogen-bond acceptors (Lipinski definition) is 2. The van der Waals surface area contributed by atoms with Crippen LogP contribution in [0, 0.1) is 19.8 Å². The molecule has 1 aliphatic heterocycles. The first-order valence-electron chi connectivity index (χ1n) is 10.6. The zero-order valence-corrected chi connectivity index (χ0v) is 18.0. The average molecular weight is 408 g/mol. The number of piperidine rings is 1. The first-order valence-corrected chi connectivity index (χ1v) is 10.6. The number of aromatic nitrogens is 1. The Bertz CT molecular complexity index is 1150. The van der Waals surface area contributed by atoms with E-state index in [1.165, 1.54) is 16.4 Å². The summed E-state index contributed by atoms with van der Waals surface area (Å²) in [6.07, 6.45) is 1.33. The van der Waals surface area contributed by atoms with E-state index in [2.05, 4.69) is 54.9 Å². The van der Waals surface area contributed by atoms with E-state index in [1.54, 1.807) is 4.90 Å². The van der Waals surface area contributed by atoms with Crippen molar-refractivity contribution in [3.8, 4) is 0 Å². The molecule has 1 fully saturated rings. The number of likely N-dealkylation sites (tertiary alicyclic amines) is 1. The minimum Gasteiger partial charge on any atom is -0.481 e. The van der Waals surface area contributed by atoms with Crippen LogP contribution in [0.25, 0.3) is 21.8 Å². The third-order valence-electron chi connectivity index (χ3n) is 6.25. The topological polar surface area (TPSA) is 74.6 Å². The maximum absolute atomic E-state index is 13.0. The van der Waals surface area contributed by atoms with Crippen molar-refractivity contribution >= 4 is 39.5 Å². The molecule has 2 N–H and O–H groups in total. The number of carbonyl (C=O) groups excluding carboxylic acids is 1. The van der Waals surface area contributed by atoms with E-state index in [0.29, 0.717) is 25.4 Å². The quantitative estimate of drug-likeness (QED) is 0.617. The number of nitrogens with zero attached hydrogens (tertiary/aromatic N) is 2. The van der Waals surface area contributed by atoms with Crippen LogP contribution in [0.5, 0.6) is 0 Å². The second-order valence-corrected chi connectivity index (χ2v) is 8.62. The standard InChI is InChI=1S/C24H29N3O3/c1-14(2)27-19-10-6-5-9-18(19)21-16(4)22(15(3)12-20(21)27)25-24(30)26-11-7-8-17(13-26)23(28)29/h5-6,9-10,12,14,17H,7-8,11,13H2,1-4H3,(H,25,30)(H,28,29). The van der Waals surface area contributed by atoms with Crippen LogP contribution in [-0.4, -0.2) is 39.7 Å². The molecule has 0 spiro atoms. The van der Waals surface area contributed by atoms with Crippen LogP contribution in [0.1, 0.15) is 43.9 Å². The van der Waals surface area contributed by atoms with Gasteiger partial charge in [0, 0.05) is 41.1 Å². The molecule has 158 valence electrons. The van der Waals surface area contributed by atoms with E-state index >= 15 is 0 Å². The number of aryl methyl sites for hydroxylation is 2. The molecule has 0 bridgehead atoms. The maximum atomic E-state index is 13.0. The van der Waals surface area contributed by atoms with E-state index in [-0.39, 0.29) is 12.6 Å². The molecular formula is C24H29N3O3. The highest BCUT2D eigenvalue weighted by Crippen LogP contribution is 2.38. The van der Waals surface area contributed by atoms with Crippen molar-refractivity contribution in [1.82, 2.24) is 9.47 Å². The molecule has 0 radical (unpaired) electrons. The monoisotopic (exact) mass is 407 g/mol. The maximum Gasteiger partial charge on any atom is 0.321 e. The number of rotatable bonds is 3. The van der Waals surface area contributed by atoms with E-state index in [4.69, 9.17) is 0 Å². The van der Waals surface area contributed by atoms with E-state index < -0.39 is 11.9 Å². The Morgan fingerprint density at radius 3 is 2.60 bits per heavy atom. The molecule has 4 rings (SSSR count). The van der Waals surface area contributed by atoms with E-state index in [0.717, 1.165) is 22.2 Å². The third kappa shape index (κ3) is 3.30. The minimum atomic E-state index is -0.831. The van der Waals surface area contributed by atoms with Crippen molar-refractivity contribution in [2.75, 3.05) is 18.4 Å². The Labute approximate surface area is 176 Å². The van der Waals surface area contributed by atoms with Crippen LogP contribution in [-0.2, 0) is 4.79 Å². The van der Waals surface area contributed by atoms with E-state index in [1.807, 2.05) is 13.0 Å². The molecule has 1 aliphatic rings. The summed E-state index contributed by atoms with van der Waals surface area (Å²) in [5.74, 6) is -1.32. The summed E-state index contributed by atoms with van der Waals surface area (Å²) in [7, 11) is 0. The first kappa shape index (κ1) is 20.3. The molecular weight excluding hydrogens is 378 g/mol. The first-order chi connectivity index (χ1) is 14.3. The number of hydrogen-bond donors (Lipinski definition) is 2. The number of nitrogens with one attached hydrogen (secondary N) is 1. The number of anilines is 1. The number of carbonyl (C=O) groups is 2. The molecule has 30 heavy (non-hydrogen) atoms. The highest BCUT2D eigenvalue weighted by molar-refractivity contribution is 6.12. The Hall–Kier alpha value is -3.02. The van der Waals surface area contributed by atoms with E-state index in [9.17, 15) is 14.7 Å². The van der Waals surface area contributed by atoms with Crippen molar-refractivity contribution in [1.29, 1.82) is 0 Å². The lowest BCUT2D eigenvalue weighted by Crippen LogP contribution is -2.44. The smallest absolute Gasteiger partial charge is 0.321 e. The van der Waals surface area contributed by atoms with Gasteiger partial charge < -0.3 is 19.9 Å². The molecule has 0 saturated carbocycles. The summed E-state index contributed by atoms with van der Waals surface area (Å²) in [6, 6.07) is 10.6. The van der Waals surface area contributed by atoms with Gasteiger partial charge in [-0.25, -0.2) is 4.79 Å². The molecule has 6 nitrogen and oxygen atoms in total. The molecule has 3 aromatic rings. The van der Waals surface area contributed by atoms with Gasteiger partial charge in [-0.3, -0.25) is 4.79 Å². The SMILES string of the molecule is Cc1cc2c(c(C)c1NC(=O)N1CCCC(C(=O)O)C1)c1ccccc1n2C(C)C. The Balaban J connectivity index is 1.76. The summed E-state index contributed by atoms with van der Waals surface area (Å²) in [4.78, 5) is 26.0. The van der Waals surface area contributed by atoms with Gasteiger partial charge in [-0.05, 0) is 63.8 Å². The van der Waals surface area contributed by atoms with Crippen LogP contribution < -0.4 is 5.32 Å². The van der Waals surface area contributed by atoms with Crippen molar-refractivity contribution < 1.29 is 14.7 Å². The highest BCUT2D eigenvalue weighted by Gasteiger charge is 2.29. The van der Waals surface area contributed by atoms with Crippen molar-refractivity contribution in [2.24, 2.45) is 5.92 Å². The molecule has 2 heterocycles. The number of carboxylic acid groups (broad SMARTS) is 1. The summed E-state index contributed by atoms with van der Waals surface area (Å²) in [6.45, 7) is 9.28. The summed E-state index contributed by atoms with van der Waals surface area (Å²) in [5.41, 5.74) is 5.22. The average Bonchev–Trinajstić information content (AvgIpc) is 3.05. The fourth-order valence-corrected chi connectivity index (χ4v) is 4.81. The van der Waals surface area contributed by atoms with Gasteiger partial charge in [-0.1, -0.05) is 18.2 Å². The number of fused-ring (bicyclic) bond motifs is 3. The largest absolute Gasteiger partial charge is 0.481 e. The number of amides is 2. The minimum absolute atomic E-state index is 0.223. The second-order valence-electron chi connectivity index (χ2n) is 8.62. The highest BCUT2D eigenvalue weighted by atomic mass is 16.4. The third-order valence-corrected chi connectivity index (χ3v) is 6.25. The molecule has 2 amide bonds. The van der Waals surface area contributed by atoms with Gasteiger partial charge in [0.25, 0.3) is 0 Å². The Morgan fingerprint density at radius 1 is 1.17 bits per heavy atom. The van der Waals surface area contributed by atoms with Crippen molar-refractivity contribution in [2.45, 2.75) is 46.6 Å². The van der Waals surface area contributed by atoms with Crippen LogP contribution in [0.4, 0.5) is 10.5 Å². The van der Waals surface area contributed by atoms with Gasteiger partial charge in [0.2, 0.25) is 0 Å². The number of para-hydroxylation sites is 1. The van der Waals surface area contributed by atoms with Crippen LogP contribution in [0.3, 0.4) is 0 Å². The zero-order valence-electron chi connectivity index (χ0n) is 18.0. The molecule has 1 saturated heterocycles. The van der Waals surface area contributed by atoms with Gasteiger partial charge in [0.1, 0.15) is 0 Å². The Morgan fingerprint density at radius 2 is 1.90 bits per heavy atom. The fraction of sp³-hybridized carbons (Fsp3) is 0.417. The number of urea groups is 1. The summed E-state index contributed by atoms with van der Waals surface area (Å²) in [5, 5.41) is 14.7. The van der Waals surface area contributed by atoms with Gasteiger partial charge in [0.05, 0.1) is 11.4 Å². The number of aliphatic carboxylic acids is 1. The van der Waals surface area contributed by atoms with Crippen molar-refractivity contribution in [3.05, 3.63) is 41.5 Å². The normalized spacial score (nSPS) is 17.1. The zero-order chi connectivity index (χ0) is 21.6. The summed E-state index contributed by atoms with van der Waals surface area (Å²) < 4.78 is 2.35. The molecule has 6 heteroatoms. The molecule has 0 aliphatic carbocycles. The lowest BCUT2D eigenvalue weighted by Gasteiger charge is -2.31. The summed E-state index contributed by atoms with van der Waals surface area (Å²) >= 11 is 0. The Kier molecular flexibility index (Phi) is 5.18. The lowest BCUT2D eigenvalue weighted by molar-refractivity contribution is -0.143. The molecule has 1 atom stereocenters. The van der Waals surface area contributed by atoms with Crippen LogP contribution >= 0.6 is 0 Å². The molecule has 1 unspecified atom stereocenters. The second kappa shape index (κ2) is 7.67. The van der Waals surface area contributed by atoms with Gasteiger partial charge in [-0.2, -0.15) is 0 Å². The predicted octanol–water partition coefficient (Wildman–Crippen LogP) is 5.32. The molecule has 1 aromatic heterocycles. The fourth-order valence-electron chi connectivity index (χ4n) is 4.81. The van der Waals surface area contributed by atoms with Crippen molar-refractivity contribution in [3.63, 3.8) is 0 Å².